The monoisotopic (exact) mass is 393 g/mol. The summed E-state index contributed by atoms with van der Waals surface area (Å²) in [6.45, 7) is 11.7. The van der Waals surface area contributed by atoms with Crippen molar-refractivity contribution in [1.82, 2.24) is 19.9 Å². The van der Waals surface area contributed by atoms with Crippen molar-refractivity contribution in [1.29, 1.82) is 0 Å². The van der Waals surface area contributed by atoms with Crippen LogP contribution in [0.1, 0.15) is 34.9 Å². The topological polar surface area (TPSA) is 45.2 Å². The minimum atomic E-state index is 0.411. The van der Waals surface area contributed by atoms with E-state index in [9.17, 15) is 0 Å². The summed E-state index contributed by atoms with van der Waals surface area (Å²) >= 11 is 1.78. The van der Waals surface area contributed by atoms with E-state index in [4.69, 9.17) is 0 Å². The van der Waals surface area contributed by atoms with Gasteiger partial charge in [-0.15, -0.1) is 11.3 Å². The second-order valence-electron chi connectivity index (χ2n) is 8.58. The SMILES string of the molecule is Cc1cc(N2CCC3(CCN(Cc4ccc5sc(C)nc5c4)C3)C2)nc(C)n1. The molecule has 2 fully saturated rings. The minimum absolute atomic E-state index is 0.411. The Morgan fingerprint density at radius 2 is 1.86 bits per heavy atom. The summed E-state index contributed by atoms with van der Waals surface area (Å²) in [5.41, 5.74) is 4.00. The van der Waals surface area contributed by atoms with Gasteiger partial charge in [-0.2, -0.15) is 0 Å². The Bertz CT molecular complexity index is 1010. The first kappa shape index (κ1) is 18.0. The van der Waals surface area contributed by atoms with Crippen LogP contribution in [0.25, 0.3) is 10.2 Å². The van der Waals surface area contributed by atoms with Crippen LogP contribution in [0, 0.1) is 26.2 Å². The highest BCUT2D eigenvalue weighted by Crippen LogP contribution is 2.41. The lowest BCUT2D eigenvalue weighted by atomic mass is 9.86. The van der Waals surface area contributed by atoms with E-state index in [-0.39, 0.29) is 0 Å². The van der Waals surface area contributed by atoms with E-state index in [2.05, 4.69) is 62.9 Å². The number of thiazole rings is 1. The molecular weight excluding hydrogens is 366 g/mol. The van der Waals surface area contributed by atoms with E-state index in [1.807, 2.05) is 6.92 Å². The number of benzene rings is 1. The van der Waals surface area contributed by atoms with Gasteiger partial charge < -0.3 is 4.90 Å². The van der Waals surface area contributed by atoms with Crippen molar-refractivity contribution >= 4 is 27.4 Å². The molecule has 0 radical (unpaired) electrons. The highest BCUT2D eigenvalue weighted by molar-refractivity contribution is 7.18. The van der Waals surface area contributed by atoms with Crippen LogP contribution in [0.4, 0.5) is 5.82 Å². The van der Waals surface area contributed by atoms with Gasteiger partial charge in [-0.3, -0.25) is 4.90 Å². The Labute approximate surface area is 170 Å². The van der Waals surface area contributed by atoms with Crippen molar-refractivity contribution in [2.24, 2.45) is 5.41 Å². The third-order valence-corrected chi connectivity index (χ3v) is 7.15. The Morgan fingerprint density at radius 1 is 1.00 bits per heavy atom. The van der Waals surface area contributed by atoms with Gasteiger partial charge in [-0.05, 0) is 57.9 Å². The maximum absolute atomic E-state index is 4.68. The lowest BCUT2D eigenvalue weighted by Crippen LogP contribution is -2.31. The lowest BCUT2D eigenvalue weighted by Gasteiger charge is -2.25. The maximum atomic E-state index is 4.68. The molecule has 2 aromatic heterocycles. The van der Waals surface area contributed by atoms with E-state index in [1.54, 1.807) is 11.3 Å². The first-order chi connectivity index (χ1) is 13.5. The summed E-state index contributed by atoms with van der Waals surface area (Å²) < 4.78 is 1.29. The number of likely N-dealkylation sites (tertiary alicyclic amines) is 1. The molecule has 2 aliphatic rings. The molecule has 2 aliphatic heterocycles. The first-order valence-corrected chi connectivity index (χ1v) is 11.0. The largest absolute Gasteiger partial charge is 0.356 e. The number of aromatic nitrogens is 3. The fourth-order valence-corrected chi connectivity index (χ4v) is 5.74. The van der Waals surface area contributed by atoms with Crippen molar-refractivity contribution in [3.63, 3.8) is 0 Å². The fraction of sp³-hybridized carbons (Fsp3) is 0.500. The predicted octanol–water partition coefficient (Wildman–Crippen LogP) is 4.11. The predicted molar refractivity (Wildman–Crippen MR) is 115 cm³/mol. The van der Waals surface area contributed by atoms with Crippen LogP contribution < -0.4 is 4.90 Å². The third kappa shape index (κ3) is 3.40. The standard InChI is InChI=1S/C22H27N5S/c1-15-10-21(24-16(2)23-15)27-9-7-22(14-27)6-8-26(13-22)12-18-4-5-20-19(11-18)25-17(3)28-20/h4-5,10-11H,6-9,12-14H2,1-3H3. The number of hydrogen-bond acceptors (Lipinski definition) is 6. The molecule has 0 N–H and O–H groups in total. The van der Waals surface area contributed by atoms with Crippen LogP contribution in [-0.2, 0) is 6.54 Å². The van der Waals surface area contributed by atoms with Gasteiger partial charge in [0.15, 0.2) is 0 Å². The van der Waals surface area contributed by atoms with Gasteiger partial charge >= 0.3 is 0 Å². The van der Waals surface area contributed by atoms with Crippen molar-refractivity contribution in [2.75, 3.05) is 31.1 Å². The molecule has 5 rings (SSSR count). The summed E-state index contributed by atoms with van der Waals surface area (Å²) in [6.07, 6.45) is 2.54. The van der Waals surface area contributed by atoms with Crippen molar-refractivity contribution in [3.05, 3.63) is 46.4 Å². The second-order valence-corrected chi connectivity index (χ2v) is 9.82. The highest BCUT2D eigenvalue weighted by atomic mass is 32.1. The Kier molecular flexibility index (Phi) is 4.36. The molecule has 0 amide bonds. The molecule has 6 heteroatoms. The Morgan fingerprint density at radius 3 is 2.71 bits per heavy atom. The van der Waals surface area contributed by atoms with Crippen LogP contribution in [0.15, 0.2) is 24.3 Å². The number of aryl methyl sites for hydroxylation is 3. The summed E-state index contributed by atoms with van der Waals surface area (Å²) in [7, 11) is 0. The molecule has 1 spiro atoms. The molecule has 2 saturated heterocycles. The number of anilines is 1. The van der Waals surface area contributed by atoms with Gasteiger partial charge in [0, 0.05) is 43.4 Å². The first-order valence-electron chi connectivity index (χ1n) is 10.1. The number of nitrogens with zero attached hydrogens (tertiary/aromatic N) is 5. The molecule has 146 valence electrons. The third-order valence-electron chi connectivity index (χ3n) is 6.20. The molecule has 0 saturated carbocycles. The molecule has 5 nitrogen and oxygen atoms in total. The average molecular weight is 394 g/mol. The minimum Gasteiger partial charge on any atom is -0.356 e. The Balaban J connectivity index is 1.27. The van der Waals surface area contributed by atoms with E-state index in [0.29, 0.717) is 5.41 Å². The summed E-state index contributed by atoms with van der Waals surface area (Å²) in [6, 6.07) is 8.91. The van der Waals surface area contributed by atoms with Crippen LogP contribution >= 0.6 is 11.3 Å². The van der Waals surface area contributed by atoms with E-state index in [0.717, 1.165) is 47.5 Å². The molecule has 1 unspecified atom stereocenters. The van der Waals surface area contributed by atoms with Crippen molar-refractivity contribution < 1.29 is 0 Å². The van der Waals surface area contributed by atoms with E-state index < -0.39 is 0 Å². The van der Waals surface area contributed by atoms with Crippen molar-refractivity contribution in [3.8, 4) is 0 Å². The van der Waals surface area contributed by atoms with Gasteiger partial charge in [-0.25, -0.2) is 15.0 Å². The van der Waals surface area contributed by atoms with Crippen molar-refractivity contribution in [2.45, 2.75) is 40.2 Å². The zero-order chi connectivity index (χ0) is 19.3. The van der Waals surface area contributed by atoms with Gasteiger partial charge in [-0.1, -0.05) is 6.07 Å². The van der Waals surface area contributed by atoms with Gasteiger partial charge in [0.25, 0.3) is 0 Å². The average Bonchev–Trinajstić information content (AvgIpc) is 3.33. The Hall–Kier alpha value is -2.05. The molecule has 1 aromatic carbocycles. The maximum Gasteiger partial charge on any atom is 0.132 e. The number of rotatable bonds is 3. The van der Waals surface area contributed by atoms with Gasteiger partial charge in [0.2, 0.25) is 0 Å². The van der Waals surface area contributed by atoms with Crippen LogP contribution in [-0.4, -0.2) is 46.0 Å². The van der Waals surface area contributed by atoms with Crippen LogP contribution in [0.3, 0.4) is 0 Å². The van der Waals surface area contributed by atoms with Crippen LogP contribution in [0.5, 0.6) is 0 Å². The van der Waals surface area contributed by atoms with E-state index in [1.165, 1.54) is 36.2 Å². The molecule has 4 heterocycles. The number of fused-ring (bicyclic) bond motifs is 1. The quantitative estimate of drug-likeness (QED) is 0.670. The molecule has 0 bridgehead atoms. The molecule has 3 aromatic rings. The summed E-state index contributed by atoms with van der Waals surface area (Å²) in [4.78, 5) is 18.9. The number of hydrogen-bond donors (Lipinski definition) is 0. The second kappa shape index (κ2) is 6.78. The normalized spacial score (nSPS) is 22.8. The molecule has 28 heavy (non-hydrogen) atoms. The molecule has 1 atom stereocenters. The summed E-state index contributed by atoms with van der Waals surface area (Å²) in [5.74, 6) is 1.97. The smallest absolute Gasteiger partial charge is 0.132 e. The molecular formula is C22H27N5S. The fourth-order valence-electron chi connectivity index (χ4n) is 4.93. The lowest BCUT2D eigenvalue weighted by molar-refractivity contribution is 0.270. The molecule has 0 aliphatic carbocycles. The van der Waals surface area contributed by atoms with Crippen LogP contribution in [0.2, 0.25) is 0 Å². The zero-order valence-corrected chi connectivity index (χ0v) is 17.7. The van der Waals surface area contributed by atoms with Gasteiger partial charge in [0.05, 0.1) is 15.2 Å². The van der Waals surface area contributed by atoms with E-state index >= 15 is 0 Å². The summed E-state index contributed by atoms with van der Waals surface area (Å²) in [5, 5.41) is 1.15. The highest BCUT2D eigenvalue weighted by Gasteiger charge is 2.43. The zero-order valence-electron chi connectivity index (χ0n) is 16.9. The van der Waals surface area contributed by atoms with Gasteiger partial charge in [0.1, 0.15) is 11.6 Å².